The number of carbonyl (C=O) groups excluding carboxylic acids is 1. The Balaban J connectivity index is 4.66. The molecule has 0 aromatic rings. The summed E-state index contributed by atoms with van der Waals surface area (Å²) in [6.07, 6.45) is 39.9. The van der Waals surface area contributed by atoms with E-state index < -0.39 is 17.1 Å². The Bertz CT molecular complexity index is 943. The van der Waals surface area contributed by atoms with Crippen LogP contribution in [0.2, 0.25) is 26.2 Å². The van der Waals surface area contributed by atoms with Crippen LogP contribution in [-0.2, 0) is 27.2 Å². The van der Waals surface area contributed by atoms with Crippen LogP contribution < -0.4 is 0 Å². The van der Waals surface area contributed by atoms with Crippen molar-refractivity contribution in [3.8, 4) is 0 Å². The number of carbonyl (C=O) groups is 1. The predicted octanol–water partition coefficient (Wildman–Crippen LogP) is 15.6. The number of ether oxygens (including phenoxy) is 2. The maximum Gasteiger partial charge on any atom is 0.324 e. The number of aliphatic hydroxyl groups is 1. The topological polar surface area (TPSA) is 86.7 Å². The zero-order chi connectivity index (χ0) is 45.8. The van der Waals surface area contributed by atoms with Crippen LogP contribution in [-0.4, -0.2) is 85.4 Å². The van der Waals surface area contributed by atoms with Gasteiger partial charge in [-0.15, -0.1) is 0 Å². The van der Waals surface area contributed by atoms with Gasteiger partial charge in [0, 0.05) is 19.8 Å². The maximum absolute atomic E-state index is 13.0. The summed E-state index contributed by atoms with van der Waals surface area (Å²) >= 11 is 0. The van der Waals surface area contributed by atoms with E-state index in [-0.39, 0.29) is 24.8 Å². The molecule has 0 heterocycles. The molecule has 0 aromatic heterocycles. The Morgan fingerprint density at radius 2 is 0.871 bits per heavy atom. The molecule has 0 aromatic carbocycles. The summed E-state index contributed by atoms with van der Waals surface area (Å²) in [4.78, 5) is 15.6. The third-order valence-electron chi connectivity index (χ3n) is 12.2. The summed E-state index contributed by atoms with van der Waals surface area (Å²) in [5.74, 6) is 0.149. The van der Waals surface area contributed by atoms with Crippen LogP contribution in [0.5, 0.6) is 0 Å². The molecular weight excluding hydrogens is 807 g/mol. The first kappa shape index (κ1) is 61.7. The molecule has 2 unspecified atom stereocenters. The van der Waals surface area contributed by atoms with E-state index in [9.17, 15) is 9.90 Å². The first-order valence-electron chi connectivity index (χ1n) is 27.2. The number of hydrogen-bond donors (Lipinski definition) is 1. The monoisotopic (exact) mass is 916 g/mol. The number of esters is 1. The molecule has 0 saturated carbocycles. The Labute approximate surface area is 389 Å². The van der Waals surface area contributed by atoms with Gasteiger partial charge in [-0.1, -0.05) is 175 Å². The van der Waals surface area contributed by atoms with Crippen LogP contribution in [0.25, 0.3) is 0 Å². The lowest BCUT2D eigenvalue weighted by molar-refractivity contribution is -0.149. The molecule has 0 saturated heterocycles. The van der Waals surface area contributed by atoms with Crippen molar-refractivity contribution in [2.24, 2.45) is 5.92 Å². The third-order valence-corrected chi connectivity index (χ3v) is 17.9. The zero-order valence-electron chi connectivity index (χ0n) is 43.0. The number of rotatable bonds is 50. The lowest BCUT2D eigenvalue weighted by atomic mass is 9.94. The predicted molar refractivity (Wildman–Crippen MR) is 270 cm³/mol. The summed E-state index contributed by atoms with van der Waals surface area (Å²) in [6, 6.07) is 0. The fourth-order valence-electron chi connectivity index (χ4n) is 8.49. The van der Waals surface area contributed by atoms with Crippen molar-refractivity contribution in [2.45, 2.75) is 278 Å². The van der Waals surface area contributed by atoms with Gasteiger partial charge in [-0.3, -0.25) is 4.79 Å². The van der Waals surface area contributed by atoms with E-state index in [1.807, 2.05) is 0 Å². The Morgan fingerprint density at radius 1 is 0.468 bits per heavy atom. The zero-order valence-corrected chi connectivity index (χ0v) is 45.0. The van der Waals surface area contributed by atoms with Crippen molar-refractivity contribution >= 4 is 23.1 Å². The second-order valence-corrected chi connectivity index (χ2v) is 26.5. The van der Waals surface area contributed by atoms with Crippen molar-refractivity contribution < 1.29 is 32.3 Å². The minimum absolute atomic E-state index is 0.0588. The molecule has 0 aliphatic heterocycles. The van der Waals surface area contributed by atoms with Crippen molar-refractivity contribution in [2.75, 3.05) is 46.1 Å². The maximum atomic E-state index is 13.0. The van der Waals surface area contributed by atoms with Gasteiger partial charge in [0.05, 0.1) is 12.5 Å². The van der Waals surface area contributed by atoms with E-state index in [0.717, 1.165) is 116 Å². The molecule has 0 radical (unpaired) electrons. The lowest BCUT2D eigenvalue weighted by Gasteiger charge is -2.35. The third kappa shape index (κ3) is 41.1. The highest BCUT2D eigenvalue weighted by atomic mass is 28.5. The summed E-state index contributed by atoms with van der Waals surface area (Å²) in [5.41, 5.74) is 0. The van der Waals surface area contributed by atoms with Crippen LogP contribution in [0, 0.1) is 5.92 Å². The van der Waals surface area contributed by atoms with Crippen molar-refractivity contribution in [3.63, 3.8) is 0 Å². The molecule has 372 valence electrons. The van der Waals surface area contributed by atoms with Gasteiger partial charge in [0.1, 0.15) is 6.29 Å². The number of unbranched alkanes of at least 4 members (excludes halogenated alkanes) is 24. The Hall–Kier alpha value is -0.336. The summed E-state index contributed by atoms with van der Waals surface area (Å²) in [7, 11) is -4.74. The highest BCUT2D eigenvalue weighted by Gasteiger charge is 2.38. The number of nitrogens with zero attached hydrogens (tertiary/aromatic N) is 1. The molecule has 0 aliphatic rings. The van der Waals surface area contributed by atoms with Crippen LogP contribution in [0.4, 0.5) is 0 Å². The fraction of sp³-hybridized carbons (Fsp3) is 0.981. The van der Waals surface area contributed by atoms with Gasteiger partial charge in [0.15, 0.2) is 0 Å². The van der Waals surface area contributed by atoms with Gasteiger partial charge in [-0.25, -0.2) is 0 Å². The second kappa shape index (κ2) is 44.5. The van der Waals surface area contributed by atoms with Crippen LogP contribution in [0.3, 0.4) is 0 Å². The van der Waals surface area contributed by atoms with Gasteiger partial charge in [0.25, 0.3) is 0 Å². The standard InChI is InChI=1S/C52H109NO7Si2/c1-9-13-17-21-24-31-41-50(40-30-20-16-12-4)52(55)57-48-38-29-26-34-44-53(45-35-36-46-54)43-33-25-28-37-47-56-51(42-32-23-19-15-11-3)59-62(7,8)60-61(5,6)58-49-39-27-22-18-14-10-2/h50-51,54H,9-49H2,1-8H3. The molecule has 0 spiro atoms. The molecule has 62 heavy (non-hydrogen) atoms. The molecule has 0 bridgehead atoms. The number of hydrogen-bond acceptors (Lipinski definition) is 8. The lowest BCUT2D eigenvalue weighted by Crippen LogP contribution is -2.50. The van der Waals surface area contributed by atoms with Crippen LogP contribution >= 0.6 is 0 Å². The molecule has 8 nitrogen and oxygen atoms in total. The molecule has 2 atom stereocenters. The normalized spacial score (nSPS) is 13.3. The average Bonchev–Trinajstić information content (AvgIpc) is 3.23. The highest BCUT2D eigenvalue weighted by molar-refractivity contribution is 6.78. The molecular formula is C52H109NO7Si2. The van der Waals surface area contributed by atoms with Gasteiger partial charge in [-0.2, -0.15) is 0 Å². The van der Waals surface area contributed by atoms with E-state index in [2.05, 4.69) is 58.8 Å². The van der Waals surface area contributed by atoms with E-state index in [1.165, 1.54) is 135 Å². The average molecular weight is 917 g/mol. The summed E-state index contributed by atoms with van der Waals surface area (Å²) in [6.45, 7) is 23.3. The largest absolute Gasteiger partial charge is 0.465 e. The first-order valence-corrected chi connectivity index (χ1v) is 32.8. The van der Waals surface area contributed by atoms with Gasteiger partial charge >= 0.3 is 23.1 Å². The van der Waals surface area contributed by atoms with Gasteiger partial charge < -0.3 is 32.4 Å². The molecule has 10 heteroatoms. The summed E-state index contributed by atoms with van der Waals surface area (Å²) in [5, 5.41) is 9.41. The smallest absolute Gasteiger partial charge is 0.324 e. The molecule has 1 N–H and O–H groups in total. The van der Waals surface area contributed by atoms with Gasteiger partial charge in [-0.05, 0) is 116 Å². The van der Waals surface area contributed by atoms with E-state index in [0.29, 0.717) is 6.61 Å². The van der Waals surface area contributed by atoms with Crippen LogP contribution in [0.15, 0.2) is 0 Å². The Morgan fingerprint density at radius 3 is 1.39 bits per heavy atom. The van der Waals surface area contributed by atoms with Gasteiger partial charge in [0.2, 0.25) is 0 Å². The Kier molecular flexibility index (Phi) is 44.3. The summed E-state index contributed by atoms with van der Waals surface area (Å²) < 4.78 is 32.0. The molecule has 0 fully saturated rings. The van der Waals surface area contributed by atoms with Crippen LogP contribution in [0.1, 0.15) is 246 Å². The fourth-order valence-corrected chi connectivity index (χ4v) is 15.1. The second-order valence-electron chi connectivity index (χ2n) is 19.5. The number of aliphatic hydroxyl groups excluding tert-OH is 1. The minimum Gasteiger partial charge on any atom is -0.465 e. The van der Waals surface area contributed by atoms with Crippen molar-refractivity contribution in [3.05, 3.63) is 0 Å². The molecule has 0 aliphatic carbocycles. The van der Waals surface area contributed by atoms with E-state index >= 15 is 0 Å². The highest BCUT2D eigenvalue weighted by Crippen LogP contribution is 2.23. The minimum atomic E-state index is -2.45. The quantitative estimate of drug-likeness (QED) is 0.0279. The SMILES string of the molecule is CCCCCCCCO[Si](C)(C)O[Si](C)(C)OC(CCCCCCC)OCCCCCCN(CCCCO)CCCCCCOC(=O)C(CCCCCC)CCCCCCCC. The molecule has 0 rings (SSSR count). The van der Waals surface area contributed by atoms with E-state index in [4.69, 9.17) is 22.4 Å². The molecule has 0 amide bonds. The van der Waals surface area contributed by atoms with Crippen molar-refractivity contribution in [1.82, 2.24) is 4.90 Å². The van der Waals surface area contributed by atoms with E-state index in [1.54, 1.807) is 0 Å². The van der Waals surface area contributed by atoms with Crippen molar-refractivity contribution in [1.29, 1.82) is 0 Å². The first-order chi connectivity index (χ1) is 30.0.